The minimum Gasteiger partial charge on any atom is -0.450 e. The molecule has 0 bridgehead atoms. The van der Waals surface area contributed by atoms with Crippen molar-refractivity contribution in [1.82, 2.24) is 0 Å². The maximum atomic E-state index is 12.5. The van der Waals surface area contributed by atoms with Gasteiger partial charge in [-0.05, 0) is 12.1 Å². The number of fused-ring (bicyclic) bond motifs is 1. The summed E-state index contributed by atoms with van der Waals surface area (Å²) in [6.45, 7) is 0.223. The van der Waals surface area contributed by atoms with Crippen LogP contribution in [0.2, 0.25) is 0 Å². The fourth-order valence-corrected chi connectivity index (χ4v) is 3.43. The van der Waals surface area contributed by atoms with Crippen molar-refractivity contribution in [3.63, 3.8) is 0 Å². The average Bonchev–Trinajstić information content (AvgIpc) is 2.76. The Morgan fingerprint density at radius 2 is 1.71 bits per heavy atom. The second kappa shape index (κ2) is 8.38. The van der Waals surface area contributed by atoms with Gasteiger partial charge in [0, 0.05) is 12.7 Å². The summed E-state index contributed by atoms with van der Waals surface area (Å²) in [6.07, 6.45) is -4.99. The molecule has 1 unspecified atom stereocenters. The summed E-state index contributed by atoms with van der Waals surface area (Å²) in [6, 6.07) is 18.0. The molecular weight excluding hydrogens is 364 g/mol. The molecule has 4 rings (SSSR count). The number of carbonyl (C=O) groups excluding carboxylic acids is 1. The number of carbonyl (C=O) groups is 1. The van der Waals surface area contributed by atoms with E-state index in [0.717, 1.165) is 5.56 Å². The van der Waals surface area contributed by atoms with Crippen LogP contribution in [0.15, 0.2) is 60.7 Å². The Morgan fingerprint density at radius 3 is 2.39 bits per heavy atom. The Bertz CT molecular complexity index is 782. The molecule has 28 heavy (non-hydrogen) atoms. The lowest BCUT2D eigenvalue weighted by Gasteiger charge is -2.46. The van der Waals surface area contributed by atoms with Gasteiger partial charge in [0.25, 0.3) is 0 Å². The van der Waals surface area contributed by atoms with E-state index in [1.807, 2.05) is 30.3 Å². The molecule has 6 atom stereocenters. The van der Waals surface area contributed by atoms with Crippen molar-refractivity contribution in [3.8, 4) is 0 Å². The summed E-state index contributed by atoms with van der Waals surface area (Å²) in [7, 11) is 1.43. The van der Waals surface area contributed by atoms with Gasteiger partial charge in [-0.2, -0.15) is 0 Å². The van der Waals surface area contributed by atoms with Crippen molar-refractivity contribution < 1.29 is 33.6 Å². The van der Waals surface area contributed by atoms with Gasteiger partial charge in [-0.25, -0.2) is 4.79 Å². The zero-order chi connectivity index (χ0) is 19.5. The van der Waals surface area contributed by atoms with Crippen LogP contribution in [-0.2, 0) is 23.7 Å². The van der Waals surface area contributed by atoms with E-state index in [0.29, 0.717) is 5.56 Å². The Kier molecular flexibility index (Phi) is 5.70. The summed E-state index contributed by atoms with van der Waals surface area (Å²) in [5, 5.41) is 10.9. The van der Waals surface area contributed by atoms with Crippen molar-refractivity contribution in [3.05, 3.63) is 71.8 Å². The fraction of sp³-hybridized carbons (Fsp3) is 0.381. The van der Waals surface area contributed by atoms with E-state index in [-0.39, 0.29) is 6.61 Å². The molecule has 0 spiro atoms. The van der Waals surface area contributed by atoms with E-state index in [2.05, 4.69) is 0 Å². The van der Waals surface area contributed by atoms with E-state index in [1.54, 1.807) is 30.3 Å². The predicted octanol–water partition coefficient (Wildman–Crippen LogP) is 2.06. The maximum absolute atomic E-state index is 12.5. The summed E-state index contributed by atoms with van der Waals surface area (Å²) >= 11 is 0. The Balaban J connectivity index is 1.50. The number of hydrogen-bond acceptors (Lipinski definition) is 7. The van der Waals surface area contributed by atoms with Crippen LogP contribution in [0.5, 0.6) is 0 Å². The lowest BCUT2D eigenvalue weighted by molar-refractivity contribution is -0.357. The minimum atomic E-state index is -1.13. The number of aliphatic hydroxyl groups is 1. The Morgan fingerprint density at radius 1 is 1.04 bits per heavy atom. The topological polar surface area (TPSA) is 83.5 Å². The average molecular weight is 386 g/mol. The molecule has 7 heteroatoms. The highest BCUT2D eigenvalue weighted by Crippen LogP contribution is 2.35. The highest BCUT2D eigenvalue weighted by molar-refractivity contribution is 5.89. The first kappa shape index (κ1) is 19.0. The summed E-state index contributed by atoms with van der Waals surface area (Å²) in [5.41, 5.74) is 1.21. The number of ether oxygens (including phenoxy) is 5. The van der Waals surface area contributed by atoms with Gasteiger partial charge in [-0.1, -0.05) is 48.5 Å². The molecular formula is C21H22O7. The van der Waals surface area contributed by atoms with Crippen LogP contribution in [0.1, 0.15) is 22.2 Å². The first-order chi connectivity index (χ1) is 13.7. The molecule has 2 aromatic carbocycles. The predicted molar refractivity (Wildman–Crippen MR) is 97.3 cm³/mol. The van der Waals surface area contributed by atoms with Crippen LogP contribution in [0.3, 0.4) is 0 Å². The van der Waals surface area contributed by atoms with Crippen molar-refractivity contribution in [2.75, 3.05) is 13.7 Å². The van der Waals surface area contributed by atoms with E-state index in [9.17, 15) is 9.90 Å². The number of methoxy groups -OCH3 is 1. The van der Waals surface area contributed by atoms with E-state index < -0.39 is 43.0 Å². The summed E-state index contributed by atoms with van der Waals surface area (Å²) < 4.78 is 28.4. The van der Waals surface area contributed by atoms with Crippen molar-refractivity contribution in [2.24, 2.45) is 0 Å². The molecule has 0 saturated carbocycles. The van der Waals surface area contributed by atoms with Gasteiger partial charge in [-0.3, -0.25) is 0 Å². The van der Waals surface area contributed by atoms with Gasteiger partial charge in [0.15, 0.2) is 18.7 Å². The molecule has 0 amide bonds. The standard InChI is InChI=1S/C21H22O7/c1-24-21-18(27-19(23)13-8-4-2-5-9-13)16(22)17-15(26-21)12-25-20(28-17)14-10-6-3-7-11-14/h2-11,15-18,20-22H,12H2,1H3/t15-,16+,17+,18-,20?,21+/m1/s1. The van der Waals surface area contributed by atoms with E-state index in [1.165, 1.54) is 7.11 Å². The number of hydrogen-bond donors (Lipinski definition) is 1. The molecule has 1 N–H and O–H groups in total. The Labute approximate surface area is 162 Å². The normalized spacial score (nSPS) is 32.4. The number of benzene rings is 2. The molecule has 2 aromatic rings. The molecule has 0 aromatic heterocycles. The van der Waals surface area contributed by atoms with Crippen LogP contribution in [0, 0.1) is 0 Å². The second-order valence-corrected chi connectivity index (χ2v) is 6.68. The summed E-state index contributed by atoms with van der Waals surface area (Å²) in [4.78, 5) is 12.5. The van der Waals surface area contributed by atoms with Gasteiger partial charge in [0.05, 0.1) is 12.2 Å². The lowest BCUT2D eigenvalue weighted by Crippen LogP contribution is -2.63. The fourth-order valence-electron chi connectivity index (χ4n) is 3.43. The zero-order valence-electron chi connectivity index (χ0n) is 15.3. The first-order valence-corrected chi connectivity index (χ1v) is 9.11. The third-order valence-electron chi connectivity index (χ3n) is 4.87. The van der Waals surface area contributed by atoms with Gasteiger partial charge in [-0.15, -0.1) is 0 Å². The molecule has 2 aliphatic rings. The molecule has 2 aliphatic heterocycles. The van der Waals surface area contributed by atoms with Gasteiger partial charge in [0.1, 0.15) is 18.3 Å². The molecule has 0 aliphatic carbocycles. The Hall–Kier alpha value is -2.29. The quantitative estimate of drug-likeness (QED) is 0.806. The van der Waals surface area contributed by atoms with Crippen LogP contribution in [-0.4, -0.2) is 55.5 Å². The number of aliphatic hydroxyl groups excluding tert-OH is 1. The minimum absolute atomic E-state index is 0.223. The molecule has 7 nitrogen and oxygen atoms in total. The second-order valence-electron chi connectivity index (χ2n) is 6.68. The molecule has 2 heterocycles. The number of rotatable bonds is 4. The largest absolute Gasteiger partial charge is 0.450 e. The molecule has 0 radical (unpaired) electrons. The van der Waals surface area contributed by atoms with Crippen LogP contribution < -0.4 is 0 Å². The number of esters is 1. The summed E-state index contributed by atoms with van der Waals surface area (Å²) in [5.74, 6) is -0.569. The third kappa shape index (κ3) is 3.80. The van der Waals surface area contributed by atoms with E-state index in [4.69, 9.17) is 23.7 Å². The van der Waals surface area contributed by atoms with Crippen molar-refractivity contribution in [2.45, 2.75) is 37.0 Å². The zero-order valence-corrected chi connectivity index (χ0v) is 15.3. The van der Waals surface area contributed by atoms with Crippen LogP contribution in [0.25, 0.3) is 0 Å². The first-order valence-electron chi connectivity index (χ1n) is 9.11. The van der Waals surface area contributed by atoms with Gasteiger partial charge in [0.2, 0.25) is 0 Å². The third-order valence-corrected chi connectivity index (χ3v) is 4.87. The van der Waals surface area contributed by atoms with Gasteiger partial charge >= 0.3 is 5.97 Å². The van der Waals surface area contributed by atoms with Crippen molar-refractivity contribution >= 4 is 5.97 Å². The molecule has 2 fully saturated rings. The van der Waals surface area contributed by atoms with Crippen LogP contribution in [0.4, 0.5) is 0 Å². The SMILES string of the molecule is CO[C@H]1O[C@@H]2COC(c3ccccc3)O[C@@H]2[C@H](O)[C@H]1OC(=O)c1ccccc1. The van der Waals surface area contributed by atoms with Crippen molar-refractivity contribution in [1.29, 1.82) is 0 Å². The van der Waals surface area contributed by atoms with Crippen LogP contribution >= 0.6 is 0 Å². The van der Waals surface area contributed by atoms with Gasteiger partial charge < -0.3 is 28.8 Å². The lowest BCUT2D eigenvalue weighted by atomic mass is 9.97. The molecule has 2 saturated heterocycles. The maximum Gasteiger partial charge on any atom is 0.338 e. The highest BCUT2D eigenvalue weighted by atomic mass is 16.8. The smallest absolute Gasteiger partial charge is 0.338 e. The molecule has 148 valence electrons. The van der Waals surface area contributed by atoms with E-state index >= 15 is 0 Å². The highest BCUT2D eigenvalue weighted by Gasteiger charge is 2.51. The monoisotopic (exact) mass is 386 g/mol.